The van der Waals surface area contributed by atoms with Crippen molar-refractivity contribution in [3.05, 3.63) is 44.6 Å². The summed E-state index contributed by atoms with van der Waals surface area (Å²) in [6.45, 7) is 1.80. The fourth-order valence-electron chi connectivity index (χ4n) is 1.26. The van der Waals surface area contributed by atoms with Crippen LogP contribution in [0.5, 0.6) is 0 Å². The molecule has 11 heteroatoms. The Kier molecular flexibility index (Phi) is 5.80. The first kappa shape index (κ1) is 18.3. The molecule has 1 rings (SSSR count). The quantitative estimate of drug-likeness (QED) is 0.199. The van der Waals surface area contributed by atoms with Gasteiger partial charge >= 0.3 is 5.66 Å². The zero-order valence-corrected chi connectivity index (χ0v) is 13.5. The Balaban J connectivity index is 2.64. The van der Waals surface area contributed by atoms with Crippen LogP contribution in [0.4, 0.5) is 0 Å². The van der Waals surface area contributed by atoms with Crippen molar-refractivity contribution in [2.75, 3.05) is 13.1 Å². The summed E-state index contributed by atoms with van der Waals surface area (Å²) >= 11 is 5.67. The summed E-state index contributed by atoms with van der Waals surface area (Å²) in [5.41, 5.74) is -1.91. The van der Waals surface area contributed by atoms with E-state index >= 15 is 0 Å². The average molecular weight is 351 g/mol. The molecule has 1 N–H and O–H groups in total. The summed E-state index contributed by atoms with van der Waals surface area (Å²) in [4.78, 5) is 9.84. The van der Waals surface area contributed by atoms with Gasteiger partial charge in [0.25, 0.3) is 0 Å². The van der Waals surface area contributed by atoms with Crippen molar-refractivity contribution in [3.8, 4) is 0 Å². The number of azo groups is 1. The number of hydrogen-bond donors (Lipinski definition) is 1. The van der Waals surface area contributed by atoms with Crippen LogP contribution in [0.15, 0.2) is 34.3 Å². The second kappa shape index (κ2) is 6.99. The second-order valence-corrected chi connectivity index (χ2v) is 6.94. The first-order chi connectivity index (χ1) is 10.1. The average Bonchev–Trinajstić information content (AvgIpc) is 2.43. The Morgan fingerprint density at radius 2 is 1.82 bits per heavy atom. The van der Waals surface area contributed by atoms with E-state index in [4.69, 9.17) is 11.6 Å². The largest absolute Gasteiger partial charge is 0.594 e. The third kappa shape index (κ3) is 4.61. The maximum atomic E-state index is 11.9. The maximum Gasteiger partial charge on any atom is 0.432 e. The molecule has 0 aliphatic rings. The van der Waals surface area contributed by atoms with Crippen molar-refractivity contribution >= 4 is 21.6 Å². The molecule has 0 saturated carbocycles. The molecule has 0 heterocycles. The summed E-state index contributed by atoms with van der Waals surface area (Å²) in [6.07, 6.45) is 0. The molecule has 0 amide bonds. The Bertz CT molecular complexity index is 672. The predicted molar refractivity (Wildman–Crippen MR) is 78.6 cm³/mol. The number of hydroxylamine groups is 1. The number of rotatable bonds is 7. The number of nitro groups is 1. The van der Waals surface area contributed by atoms with E-state index in [2.05, 4.69) is 9.84 Å². The number of hydrogen-bond acceptors (Lipinski definition) is 6. The number of nitrogens with zero attached hydrogens (tertiary/aromatic N) is 3. The van der Waals surface area contributed by atoms with Crippen molar-refractivity contribution in [2.24, 2.45) is 5.11 Å². The van der Waals surface area contributed by atoms with Crippen molar-refractivity contribution in [1.82, 2.24) is 4.72 Å². The molecule has 0 aliphatic carbocycles. The smallest absolute Gasteiger partial charge is 0.432 e. The van der Waals surface area contributed by atoms with Gasteiger partial charge < -0.3 is 5.21 Å². The molecule has 22 heavy (non-hydrogen) atoms. The normalized spacial score (nSPS) is 13.1. The molecule has 0 spiro atoms. The minimum absolute atomic E-state index is 0.0153. The van der Waals surface area contributed by atoms with E-state index in [9.17, 15) is 23.7 Å². The first-order valence-corrected chi connectivity index (χ1v) is 7.98. The van der Waals surface area contributed by atoms with Gasteiger partial charge in [-0.2, -0.15) is 0 Å². The molecule has 0 aromatic heterocycles. The van der Waals surface area contributed by atoms with Crippen molar-refractivity contribution < 1.29 is 18.2 Å². The first-order valence-electron chi connectivity index (χ1n) is 6.12. The topological polar surface area (TPSA) is 128 Å². The Morgan fingerprint density at radius 3 is 2.32 bits per heavy atom. The highest BCUT2D eigenvalue weighted by molar-refractivity contribution is 7.89. The van der Waals surface area contributed by atoms with Crippen LogP contribution >= 0.6 is 11.6 Å². The summed E-state index contributed by atoms with van der Waals surface area (Å²) in [7, 11) is -3.75. The molecule has 0 fully saturated rings. The van der Waals surface area contributed by atoms with Crippen LogP contribution < -0.4 is 4.72 Å². The molecule has 1 aromatic carbocycles. The fourth-order valence-corrected chi connectivity index (χ4v) is 2.41. The standard InChI is InChI=1S/C11H15ClN4O5S/c1-11(2,16(18)19)15(17)13-7-8-14-22(20,21)10-5-3-9(12)4-6-10/h3-6,14H,7-8H2,1-2H3. The number of sulfonamides is 1. The molecule has 0 aliphatic heterocycles. The van der Waals surface area contributed by atoms with Crippen molar-refractivity contribution in [3.63, 3.8) is 0 Å². The van der Waals surface area contributed by atoms with Crippen LogP contribution in [-0.2, 0) is 10.0 Å². The van der Waals surface area contributed by atoms with Crippen LogP contribution in [0.25, 0.3) is 0 Å². The van der Waals surface area contributed by atoms with E-state index in [0.717, 1.165) is 13.8 Å². The van der Waals surface area contributed by atoms with Gasteiger partial charge in [-0.1, -0.05) is 11.6 Å². The van der Waals surface area contributed by atoms with E-state index in [0.29, 0.717) is 5.02 Å². The van der Waals surface area contributed by atoms with E-state index < -0.39 is 20.6 Å². The van der Waals surface area contributed by atoms with Gasteiger partial charge in [0.05, 0.1) is 23.7 Å². The minimum Gasteiger partial charge on any atom is -0.594 e. The molecule has 0 radical (unpaired) electrons. The Morgan fingerprint density at radius 1 is 1.27 bits per heavy atom. The lowest BCUT2D eigenvalue weighted by atomic mass is 10.3. The van der Waals surface area contributed by atoms with Gasteiger partial charge in [-0.25, -0.2) is 13.1 Å². The summed E-state index contributed by atoms with van der Waals surface area (Å²) in [6, 6.07) is 5.52. The van der Waals surface area contributed by atoms with Crippen LogP contribution in [0.1, 0.15) is 13.8 Å². The van der Waals surface area contributed by atoms with Crippen LogP contribution in [-0.4, -0.2) is 37.0 Å². The molecule has 0 atom stereocenters. The molecular weight excluding hydrogens is 336 g/mol. The van der Waals surface area contributed by atoms with Gasteiger partial charge in [0.15, 0.2) is 0 Å². The maximum absolute atomic E-state index is 11.9. The second-order valence-electron chi connectivity index (χ2n) is 4.74. The fraction of sp³-hybridized carbons (Fsp3) is 0.455. The van der Waals surface area contributed by atoms with Gasteiger partial charge in [0.2, 0.25) is 10.0 Å². The molecule has 0 saturated heterocycles. The lowest BCUT2D eigenvalue weighted by Crippen LogP contribution is -2.40. The van der Waals surface area contributed by atoms with E-state index in [1.165, 1.54) is 24.3 Å². The lowest BCUT2D eigenvalue weighted by Gasteiger charge is -2.12. The number of benzene rings is 1. The SMILES string of the molecule is CC(C)([N+](=O)[O-])[N+]([O-])=NCCNS(=O)(=O)c1ccc(Cl)cc1. The number of halogens is 1. The van der Waals surface area contributed by atoms with Crippen LogP contribution in [0.3, 0.4) is 0 Å². The molecule has 1 aromatic rings. The monoisotopic (exact) mass is 350 g/mol. The molecule has 9 nitrogen and oxygen atoms in total. The van der Waals surface area contributed by atoms with Crippen LogP contribution in [0, 0.1) is 15.3 Å². The molecule has 0 unspecified atom stereocenters. The van der Waals surface area contributed by atoms with Gasteiger partial charge in [-0.3, -0.25) is 10.1 Å². The molecular formula is C11H15ClN4O5S. The highest BCUT2D eigenvalue weighted by Crippen LogP contribution is 2.13. The van der Waals surface area contributed by atoms with Crippen molar-refractivity contribution in [2.45, 2.75) is 24.4 Å². The van der Waals surface area contributed by atoms with Gasteiger partial charge in [0.1, 0.15) is 6.54 Å². The Hall–Kier alpha value is -1.78. The van der Waals surface area contributed by atoms with Gasteiger partial charge in [-0.05, 0) is 34.2 Å². The molecule has 0 bridgehead atoms. The summed E-state index contributed by atoms with van der Waals surface area (Å²) in [5.74, 6) is 0. The highest BCUT2D eigenvalue weighted by atomic mass is 35.5. The van der Waals surface area contributed by atoms with Crippen molar-refractivity contribution in [1.29, 1.82) is 0 Å². The lowest BCUT2D eigenvalue weighted by molar-refractivity contribution is -0.806. The zero-order chi connectivity index (χ0) is 17.0. The predicted octanol–water partition coefficient (Wildman–Crippen LogP) is 1.59. The van der Waals surface area contributed by atoms with Crippen LogP contribution in [0.2, 0.25) is 5.02 Å². The molecule has 122 valence electrons. The third-order valence-electron chi connectivity index (χ3n) is 2.67. The van der Waals surface area contributed by atoms with E-state index in [1.807, 2.05) is 0 Å². The van der Waals surface area contributed by atoms with E-state index in [1.54, 1.807) is 0 Å². The highest BCUT2D eigenvalue weighted by Gasteiger charge is 2.41. The minimum atomic E-state index is -3.75. The zero-order valence-electron chi connectivity index (χ0n) is 11.9. The van der Waals surface area contributed by atoms with E-state index in [-0.39, 0.29) is 22.8 Å². The van der Waals surface area contributed by atoms with Gasteiger partial charge in [0, 0.05) is 11.6 Å². The third-order valence-corrected chi connectivity index (χ3v) is 4.40. The summed E-state index contributed by atoms with van der Waals surface area (Å²) in [5, 5.41) is 25.9. The van der Waals surface area contributed by atoms with Gasteiger partial charge in [-0.15, -0.1) is 0 Å². The Labute approximate surface area is 132 Å². The number of nitrogens with one attached hydrogen (secondary N) is 1. The summed E-state index contributed by atoms with van der Waals surface area (Å²) < 4.78 is 26.0.